The molecule has 0 aliphatic carbocycles. The molecule has 7 heteroatoms. The van der Waals surface area contributed by atoms with Crippen molar-refractivity contribution < 1.29 is 28.5 Å². The molecule has 0 radical (unpaired) electrons. The largest absolute Gasteiger partial charge is 0.493 e. The van der Waals surface area contributed by atoms with E-state index in [0.717, 1.165) is 31.5 Å². The van der Waals surface area contributed by atoms with E-state index in [-0.39, 0.29) is 12.1 Å². The van der Waals surface area contributed by atoms with E-state index in [0.29, 0.717) is 30.3 Å². The first-order valence-electron chi connectivity index (χ1n) is 9.24. The van der Waals surface area contributed by atoms with Crippen LogP contribution < -0.4 is 14.2 Å². The standard InChI is InChI=1S/C20H31NO6/c1-14-12-17(25-4)19(18(13-14)26-5)27-20(22)16(8-11-23-2)21-9-6-15(24-3)7-10-21/h12-13,15-16H,6-11H2,1-5H3. The molecule has 1 aromatic rings. The van der Waals surface area contributed by atoms with Crippen LogP contribution in [-0.2, 0) is 14.3 Å². The third kappa shape index (κ3) is 5.57. The van der Waals surface area contributed by atoms with Gasteiger partial charge in [-0.1, -0.05) is 0 Å². The van der Waals surface area contributed by atoms with Gasteiger partial charge in [-0.15, -0.1) is 0 Å². The fourth-order valence-corrected chi connectivity index (χ4v) is 3.38. The third-order valence-corrected chi connectivity index (χ3v) is 4.93. The first-order chi connectivity index (χ1) is 13.0. The van der Waals surface area contributed by atoms with Crippen molar-refractivity contribution in [3.8, 4) is 17.2 Å². The Hall–Kier alpha value is -1.83. The number of ether oxygens (including phenoxy) is 5. The highest BCUT2D eigenvalue weighted by molar-refractivity contribution is 5.80. The third-order valence-electron chi connectivity index (χ3n) is 4.93. The fraction of sp³-hybridized carbons (Fsp3) is 0.650. The van der Waals surface area contributed by atoms with E-state index in [1.165, 1.54) is 0 Å². The predicted molar refractivity (Wildman–Crippen MR) is 102 cm³/mol. The van der Waals surface area contributed by atoms with Crippen LogP contribution in [0.15, 0.2) is 12.1 Å². The maximum absolute atomic E-state index is 13.0. The van der Waals surface area contributed by atoms with Crippen molar-refractivity contribution in [2.75, 3.05) is 48.1 Å². The van der Waals surface area contributed by atoms with E-state index in [9.17, 15) is 4.79 Å². The van der Waals surface area contributed by atoms with Gasteiger partial charge in [0.2, 0.25) is 5.75 Å². The summed E-state index contributed by atoms with van der Waals surface area (Å²) in [6.07, 6.45) is 2.59. The average Bonchev–Trinajstić information content (AvgIpc) is 2.69. The molecule has 27 heavy (non-hydrogen) atoms. The maximum atomic E-state index is 13.0. The summed E-state index contributed by atoms with van der Waals surface area (Å²) in [6, 6.07) is 3.25. The van der Waals surface area contributed by atoms with Gasteiger partial charge in [0, 0.05) is 33.9 Å². The Labute approximate surface area is 161 Å². The number of methoxy groups -OCH3 is 4. The Bertz CT molecular complexity index is 587. The van der Waals surface area contributed by atoms with Gasteiger partial charge in [0.05, 0.1) is 20.3 Å². The molecule has 1 fully saturated rings. The van der Waals surface area contributed by atoms with Crippen LogP contribution in [0, 0.1) is 6.92 Å². The summed E-state index contributed by atoms with van der Waals surface area (Å²) in [7, 11) is 6.45. The van der Waals surface area contributed by atoms with Crippen LogP contribution in [0.2, 0.25) is 0 Å². The molecule has 2 rings (SSSR count). The normalized spacial score (nSPS) is 16.8. The minimum Gasteiger partial charge on any atom is -0.493 e. The van der Waals surface area contributed by atoms with E-state index in [1.807, 2.05) is 19.1 Å². The Balaban J connectivity index is 2.19. The number of carbonyl (C=O) groups excluding carboxylic acids is 1. The number of carbonyl (C=O) groups is 1. The quantitative estimate of drug-likeness (QED) is 0.481. The molecule has 0 N–H and O–H groups in total. The highest BCUT2D eigenvalue weighted by Crippen LogP contribution is 2.39. The number of rotatable bonds is 9. The summed E-state index contributed by atoms with van der Waals surface area (Å²) in [6.45, 7) is 3.97. The molecule has 1 unspecified atom stereocenters. The second kappa shape index (κ2) is 10.5. The molecule has 1 aliphatic heterocycles. The van der Waals surface area contributed by atoms with Crippen molar-refractivity contribution in [3.05, 3.63) is 17.7 Å². The van der Waals surface area contributed by atoms with Crippen LogP contribution in [0.5, 0.6) is 17.2 Å². The minimum atomic E-state index is -0.390. The van der Waals surface area contributed by atoms with Crippen molar-refractivity contribution in [3.63, 3.8) is 0 Å². The lowest BCUT2D eigenvalue weighted by atomic mass is 10.0. The molecule has 1 aliphatic rings. The maximum Gasteiger partial charge on any atom is 0.329 e. The Kier molecular flexibility index (Phi) is 8.34. The summed E-state index contributed by atoms with van der Waals surface area (Å²) in [4.78, 5) is 15.2. The lowest BCUT2D eigenvalue weighted by Gasteiger charge is -2.35. The molecule has 7 nitrogen and oxygen atoms in total. The fourth-order valence-electron chi connectivity index (χ4n) is 3.38. The van der Waals surface area contributed by atoms with E-state index in [4.69, 9.17) is 23.7 Å². The van der Waals surface area contributed by atoms with Crippen LogP contribution >= 0.6 is 0 Å². The van der Waals surface area contributed by atoms with Gasteiger partial charge in [0.25, 0.3) is 0 Å². The zero-order chi connectivity index (χ0) is 19.8. The second-order valence-electron chi connectivity index (χ2n) is 6.69. The number of hydrogen-bond donors (Lipinski definition) is 0. The molecule has 1 saturated heterocycles. The number of hydrogen-bond acceptors (Lipinski definition) is 7. The monoisotopic (exact) mass is 381 g/mol. The van der Waals surface area contributed by atoms with Crippen molar-refractivity contribution in [2.24, 2.45) is 0 Å². The molecule has 1 atom stereocenters. The van der Waals surface area contributed by atoms with Gasteiger partial charge in [-0.2, -0.15) is 0 Å². The van der Waals surface area contributed by atoms with Gasteiger partial charge in [-0.05, 0) is 43.9 Å². The van der Waals surface area contributed by atoms with Crippen LogP contribution in [0.1, 0.15) is 24.8 Å². The number of aryl methyl sites for hydroxylation is 1. The Morgan fingerprint density at radius 1 is 1.11 bits per heavy atom. The van der Waals surface area contributed by atoms with Crippen molar-refractivity contribution >= 4 is 5.97 Å². The minimum absolute atomic E-state index is 0.248. The molecule has 0 aromatic heterocycles. The van der Waals surface area contributed by atoms with Gasteiger partial charge in [0.15, 0.2) is 11.5 Å². The van der Waals surface area contributed by atoms with E-state index in [1.54, 1.807) is 28.4 Å². The van der Waals surface area contributed by atoms with Gasteiger partial charge >= 0.3 is 5.97 Å². The highest BCUT2D eigenvalue weighted by Gasteiger charge is 2.32. The Morgan fingerprint density at radius 2 is 1.70 bits per heavy atom. The smallest absolute Gasteiger partial charge is 0.329 e. The molecule has 0 bridgehead atoms. The van der Waals surface area contributed by atoms with E-state index < -0.39 is 6.04 Å². The number of piperidine rings is 1. The van der Waals surface area contributed by atoms with Crippen LogP contribution in [0.3, 0.4) is 0 Å². The SMILES string of the molecule is COCCC(C(=O)Oc1c(OC)cc(C)cc1OC)N1CCC(OC)CC1. The van der Waals surface area contributed by atoms with Gasteiger partial charge in [0.1, 0.15) is 6.04 Å². The van der Waals surface area contributed by atoms with Crippen LogP contribution in [-0.4, -0.2) is 71.2 Å². The lowest BCUT2D eigenvalue weighted by Crippen LogP contribution is -2.48. The zero-order valence-electron chi connectivity index (χ0n) is 16.9. The van der Waals surface area contributed by atoms with Crippen molar-refractivity contribution in [1.29, 1.82) is 0 Å². The molecular formula is C20H31NO6. The first kappa shape index (κ1) is 21.5. The number of esters is 1. The number of benzene rings is 1. The summed E-state index contributed by atoms with van der Waals surface area (Å²) in [5.41, 5.74) is 0.959. The molecule has 1 aromatic carbocycles. The van der Waals surface area contributed by atoms with Gasteiger partial charge < -0.3 is 23.7 Å². The summed E-state index contributed by atoms with van der Waals surface area (Å²) < 4.78 is 27.2. The molecule has 1 heterocycles. The van der Waals surface area contributed by atoms with Crippen molar-refractivity contribution in [1.82, 2.24) is 4.90 Å². The lowest BCUT2D eigenvalue weighted by molar-refractivity contribution is -0.142. The topological polar surface area (TPSA) is 66.5 Å². The predicted octanol–water partition coefficient (Wildman–Crippen LogP) is 2.43. The van der Waals surface area contributed by atoms with Gasteiger partial charge in [-0.3, -0.25) is 4.90 Å². The summed E-state index contributed by atoms with van der Waals surface area (Å²) in [5, 5.41) is 0. The first-order valence-corrected chi connectivity index (χ1v) is 9.24. The molecule has 0 saturated carbocycles. The Morgan fingerprint density at radius 3 is 2.19 bits per heavy atom. The molecule has 152 valence electrons. The highest BCUT2D eigenvalue weighted by atomic mass is 16.6. The summed E-state index contributed by atoms with van der Waals surface area (Å²) in [5.74, 6) is 0.931. The average molecular weight is 381 g/mol. The zero-order valence-corrected chi connectivity index (χ0v) is 16.9. The second-order valence-corrected chi connectivity index (χ2v) is 6.69. The van der Waals surface area contributed by atoms with E-state index >= 15 is 0 Å². The molecule has 0 spiro atoms. The molecular weight excluding hydrogens is 350 g/mol. The molecule has 0 amide bonds. The van der Waals surface area contributed by atoms with Crippen molar-refractivity contribution in [2.45, 2.75) is 38.3 Å². The van der Waals surface area contributed by atoms with Crippen LogP contribution in [0.4, 0.5) is 0 Å². The number of nitrogens with zero attached hydrogens (tertiary/aromatic N) is 1. The number of likely N-dealkylation sites (tertiary alicyclic amines) is 1. The summed E-state index contributed by atoms with van der Waals surface area (Å²) >= 11 is 0. The van der Waals surface area contributed by atoms with Gasteiger partial charge in [-0.25, -0.2) is 4.79 Å². The van der Waals surface area contributed by atoms with E-state index in [2.05, 4.69) is 4.90 Å². The van der Waals surface area contributed by atoms with Crippen LogP contribution in [0.25, 0.3) is 0 Å².